The molecule has 3 heterocycles. The lowest BCUT2D eigenvalue weighted by atomic mass is 10.1. The van der Waals surface area contributed by atoms with Gasteiger partial charge in [-0.2, -0.15) is 0 Å². The van der Waals surface area contributed by atoms with E-state index in [1.165, 1.54) is 12.1 Å². The fourth-order valence-corrected chi connectivity index (χ4v) is 5.80. The Morgan fingerprint density at radius 1 is 0.523 bits per heavy atom. The van der Waals surface area contributed by atoms with Gasteiger partial charge in [-0.05, 0) is 30.3 Å². The Bertz CT molecular complexity index is 2700. The fraction of sp³-hybridized carbons (Fsp3) is 0. The van der Waals surface area contributed by atoms with E-state index in [4.69, 9.17) is 27.6 Å². The van der Waals surface area contributed by atoms with Gasteiger partial charge in [0.2, 0.25) is 0 Å². The molecule has 0 aliphatic carbocycles. The molecule has 0 bridgehead atoms. The third-order valence-electron chi connectivity index (χ3n) is 7.81. The van der Waals surface area contributed by atoms with Crippen molar-refractivity contribution in [2.75, 3.05) is 0 Å². The van der Waals surface area contributed by atoms with E-state index in [-0.39, 0.29) is 58.1 Å². The van der Waals surface area contributed by atoms with Crippen LogP contribution in [0.4, 0.5) is 0 Å². The number of nitrogens with zero attached hydrogens (tertiary/aromatic N) is 4. The van der Waals surface area contributed by atoms with E-state index >= 15 is 0 Å². The van der Waals surface area contributed by atoms with Crippen LogP contribution in [0.2, 0.25) is 0 Å². The molecule has 0 saturated carbocycles. The lowest BCUT2D eigenvalue weighted by Crippen LogP contribution is -2.00. The molecule has 5 nitrogen and oxygen atoms in total. The molecule has 206 valence electrons. The molecule has 3 aromatic heterocycles. The van der Waals surface area contributed by atoms with Gasteiger partial charge in [-0.25, -0.2) is 15.0 Å². The molecule has 9 aromatic rings. The Morgan fingerprint density at radius 2 is 1.14 bits per heavy atom. The first-order valence-corrected chi connectivity index (χ1v) is 14.1. The molecule has 6 aromatic carbocycles. The molecule has 5 heteroatoms. The van der Waals surface area contributed by atoms with E-state index in [2.05, 4.69) is 0 Å². The number of furan rings is 1. The summed E-state index contributed by atoms with van der Waals surface area (Å²) in [6.07, 6.45) is 0. The summed E-state index contributed by atoms with van der Waals surface area (Å²) in [5.74, 6) is 1.51. The van der Waals surface area contributed by atoms with Crippen molar-refractivity contribution < 1.29 is 12.6 Å². The lowest BCUT2D eigenvalue weighted by molar-refractivity contribution is 0.669. The summed E-state index contributed by atoms with van der Waals surface area (Å²) in [6.45, 7) is 0. The molecule has 0 atom stereocenters. The van der Waals surface area contributed by atoms with Crippen molar-refractivity contribution in [2.24, 2.45) is 0 Å². The molecular formula is C39H24N4O. The molecule has 0 aliphatic heterocycles. The van der Waals surface area contributed by atoms with E-state index in [1.54, 1.807) is 4.57 Å². The highest BCUT2D eigenvalue weighted by atomic mass is 16.3. The van der Waals surface area contributed by atoms with Gasteiger partial charge in [0.25, 0.3) is 0 Å². The van der Waals surface area contributed by atoms with Gasteiger partial charge in [-0.1, -0.05) is 109 Å². The highest BCUT2D eigenvalue weighted by molar-refractivity contribution is 6.11. The van der Waals surface area contributed by atoms with Crippen LogP contribution in [0.5, 0.6) is 0 Å². The van der Waals surface area contributed by atoms with Crippen molar-refractivity contribution in [3.63, 3.8) is 0 Å². The van der Waals surface area contributed by atoms with Gasteiger partial charge in [0.05, 0.1) is 24.8 Å². The lowest BCUT2D eigenvalue weighted by Gasteiger charge is -2.08. The first-order chi connectivity index (χ1) is 24.3. The van der Waals surface area contributed by atoms with Crippen LogP contribution in [0, 0.1) is 0 Å². The van der Waals surface area contributed by atoms with Gasteiger partial charge >= 0.3 is 0 Å². The molecule has 44 heavy (non-hydrogen) atoms. The van der Waals surface area contributed by atoms with E-state index in [0.29, 0.717) is 39.9 Å². The molecule has 0 spiro atoms. The summed E-state index contributed by atoms with van der Waals surface area (Å²) in [5.41, 5.74) is 4.62. The standard InChI is InChI=1S/C39H24N4O/c1-3-12-25(13-4-1)37-40-38(26-14-5-2-6-15-26)42-39(41-37)32-19-11-18-31-30-23-22-27(24-35(30)44-36(31)32)43-33-20-9-7-16-28(33)29-17-8-10-21-34(29)43/h1-24H/i7D,8D,16D,17D,20D,21D. The van der Waals surface area contributed by atoms with Crippen LogP contribution in [-0.2, 0) is 0 Å². The van der Waals surface area contributed by atoms with Gasteiger partial charge in [-0.3, -0.25) is 0 Å². The minimum absolute atomic E-state index is 0.0206. The van der Waals surface area contributed by atoms with Crippen LogP contribution >= 0.6 is 0 Å². The van der Waals surface area contributed by atoms with E-state index in [9.17, 15) is 0 Å². The fourth-order valence-electron chi connectivity index (χ4n) is 5.80. The Morgan fingerprint density at radius 3 is 1.77 bits per heavy atom. The minimum atomic E-state index is -0.160. The van der Waals surface area contributed by atoms with Gasteiger partial charge in [-0.15, -0.1) is 0 Å². The number of rotatable bonds is 4. The molecule has 0 N–H and O–H groups in total. The molecule has 9 rings (SSSR count). The van der Waals surface area contributed by atoms with Gasteiger partial charge in [0.15, 0.2) is 17.5 Å². The number of para-hydroxylation sites is 3. The average molecular weight is 571 g/mol. The summed E-state index contributed by atoms with van der Waals surface area (Å²) in [5, 5.41) is 2.08. The molecule has 0 radical (unpaired) electrons. The summed E-state index contributed by atoms with van der Waals surface area (Å²) < 4.78 is 59.9. The van der Waals surface area contributed by atoms with Crippen molar-refractivity contribution in [1.29, 1.82) is 0 Å². The largest absolute Gasteiger partial charge is 0.455 e. The van der Waals surface area contributed by atoms with Crippen molar-refractivity contribution in [1.82, 2.24) is 19.5 Å². The predicted molar refractivity (Wildman–Crippen MR) is 178 cm³/mol. The Kier molecular flexibility index (Phi) is 4.25. The minimum Gasteiger partial charge on any atom is -0.455 e. The van der Waals surface area contributed by atoms with Crippen LogP contribution in [0.15, 0.2) is 150 Å². The number of hydrogen-bond donors (Lipinski definition) is 0. The van der Waals surface area contributed by atoms with E-state index in [1.807, 2.05) is 97.1 Å². The van der Waals surface area contributed by atoms with Crippen molar-refractivity contribution in [3.05, 3.63) is 145 Å². The highest BCUT2D eigenvalue weighted by Gasteiger charge is 2.19. The van der Waals surface area contributed by atoms with Gasteiger partial charge in [0, 0.05) is 44.4 Å². The predicted octanol–water partition coefficient (Wildman–Crippen LogP) is 9.87. The van der Waals surface area contributed by atoms with E-state index in [0.717, 1.165) is 21.9 Å². The van der Waals surface area contributed by atoms with Gasteiger partial charge in [0.1, 0.15) is 11.2 Å². The third-order valence-corrected chi connectivity index (χ3v) is 7.81. The molecular weight excluding hydrogens is 540 g/mol. The summed E-state index contributed by atoms with van der Waals surface area (Å²) in [7, 11) is 0. The zero-order chi connectivity index (χ0) is 34.3. The van der Waals surface area contributed by atoms with Crippen molar-refractivity contribution >= 4 is 43.7 Å². The maximum Gasteiger partial charge on any atom is 0.167 e. The average Bonchev–Trinajstić information content (AvgIpc) is 3.71. The molecule has 0 saturated heterocycles. The number of aromatic nitrogens is 4. The van der Waals surface area contributed by atoms with Crippen LogP contribution in [-0.4, -0.2) is 19.5 Å². The summed E-state index contributed by atoms with van der Waals surface area (Å²) >= 11 is 0. The Balaban J connectivity index is 1.29. The van der Waals surface area contributed by atoms with Crippen LogP contribution in [0.3, 0.4) is 0 Å². The smallest absolute Gasteiger partial charge is 0.167 e. The van der Waals surface area contributed by atoms with Crippen LogP contribution < -0.4 is 0 Å². The third kappa shape index (κ3) is 3.83. The number of fused-ring (bicyclic) bond motifs is 6. The SMILES string of the molecule is [2H]c1cc([2H])c2c(c1[2H])c1c([2H])c([2H])cc([2H])c1n2-c1ccc2c(c1)oc1c(-c3nc(-c4ccccc4)nc(-c4ccccc4)n3)cccc12. The monoisotopic (exact) mass is 570 g/mol. The highest BCUT2D eigenvalue weighted by Crippen LogP contribution is 2.38. The number of benzene rings is 6. The topological polar surface area (TPSA) is 56.7 Å². The van der Waals surface area contributed by atoms with Crippen molar-refractivity contribution in [2.45, 2.75) is 0 Å². The maximum atomic E-state index is 8.82. The zero-order valence-electron chi connectivity index (χ0n) is 29.1. The molecule has 0 amide bonds. The Hall–Kier alpha value is -6.07. The summed E-state index contributed by atoms with van der Waals surface area (Å²) in [4.78, 5) is 14.6. The maximum absolute atomic E-state index is 8.82. The van der Waals surface area contributed by atoms with E-state index < -0.39 is 0 Å². The molecule has 0 unspecified atom stereocenters. The quantitative estimate of drug-likeness (QED) is 0.211. The Labute approximate surface area is 261 Å². The zero-order valence-corrected chi connectivity index (χ0v) is 23.1. The van der Waals surface area contributed by atoms with Crippen molar-refractivity contribution in [3.8, 4) is 39.9 Å². The normalized spacial score (nSPS) is 13.5. The second-order valence-electron chi connectivity index (χ2n) is 10.4. The summed E-state index contributed by atoms with van der Waals surface area (Å²) in [6, 6.07) is 32.8. The molecule has 0 aliphatic rings. The van der Waals surface area contributed by atoms with Crippen LogP contribution in [0.1, 0.15) is 8.22 Å². The first-order valence-electron chi connectivity index (χ1n) is 17.1. The second kappa shape index (κ2) is 9.75. The second-order valence-corrected chi connectivity index (χ2v) is 10.4. The van der Waals surface area contributed by atoms with Crippen LogP contribution in [0.25, 0.3) is 83.6 Å². The van der Waals surface area contributed by atoms with Gasteiger partial charge < -0.3 is 8.98 Å². The molecule has 0 fully saturated rings. The number of hydrogen-bond acceptors (Lipinski definition) is 4. The first kappa shape index (κ1) is 19.2.